The maximum absolute atomic E-state index is 11.5. The molecule has 6 nitrogen and oxygen atoms in total. The first kappa shape index (κ1) is 15.8. The van der Waals surface area contributed by atoms with Crippen LogP contribution in [0.5, 0.6) is 0 Å². The van der Waals surface area contributed by atoms with Crippen molar-refractivity contribution in [2.24, 2.45) is 0 Å². The molecule has 0 radical (unpaired) electrons. The van der Waals surface area contributed by atoms with E-state index in [9.17, 15) is 9.59 Å². The molecule has 0 aromatic rings. The Labute approximate surface area is 113 Å². The van der Waals surface area contributed by atoms with E-state index in [0.717, 1.165) is 12.8 Å². The molecule has 0 heterocycles. The Morgan fingerprint density at radius 1 is 1.26 bits per heavy atom. The maximum Gasteiger partial charge on any atom is 0.407 e. The van der Waals surface area contributed by atoms with Crippen molar-refractivity contribution in [2.75, 3.05) is 6.54 Å². The number of carboxylic acids is 1. The highest BCUT2D eigenvalue weighted by Gasteiger charge is 2.31. The van der Waals surface area contributed by atoms with Crippen LogP contribution in [0.25, 0.3) is 0 Å². The molecule has 1 amide bonds. The fourth-order valence-electron chi connectivity index (χ4n) is 1.92. The Morgan fingerprint density at radius 2 is 1.89 bits per heavy atom. The molecule has 110 valence electrons. The number of hydrogen-bond donors (Lipinski definition) is 3. The van der Waals surface area contributed by atoms with E-state index in [1.807, 2.05) is 20.8 Å². The van der Waals surface area contributed by atoms with Crippen LogP contribution in [0.1, 0.15) is 46.5 Å². The number of carbonyl (C=O) groups is 2. The largest absolute Gasteiger partial charge is 0.481 e. The van der Waals surface area contributed by atoms with Gasteiger partial charge < -0.3 is 20.5 Å². The molecule has 0 atom stereocenters. The molecule has 3 N–H and O–H groups in total. The number of nitrogens with one attached hydrogen (secondary N) is 2. The molecule has 1 saturated carbocycles. The second-order valence-electron chi connectivity index (χ2n) is 5.96. The summed E-state index contributed by atoms with van der Waals surface area (Å²) in [6.07, 6.45) is 2.19. The van der Waals surface area contributed by atoms with Crippen LogP contribution in [-0.4, -0.2) is 41.4 Å². The predicted octanol–water partition coefficient (Wildman–Crippen LogP) is 1.50. The minimum absolute atomic E-state index is 0.159. The first-order valence-electron chi connectivity index (χ1n) is 6.71. The van der Waals surface area contributed by atoms with E-state index in [-0.39, 0.29) is 18.6 Å². The Hall–Kier alpha value is -1.30. The van der Waals surface area contributed by atoms with Crippen molar-refractivity contribution in [2.45, 2.75) is 64.1 Å². The zero-order valence-electron chi connectivity index (χ0n) is 11.9. The first-order valence-corrected chi connectivity index (χ1v) is 6.71. The lowest BCUT2D eigenvalue weighted by atomic mass is 9.87. The lowest BCUT2D eigenvalue weighted by Gasteiger charge is -2.36. The first-order chi connectivity index (χ1) is 8.76. The molecule has 0 aromatic heterocycles. The van der Waals surface area contributed by atoms with E-state index in [4.69, 9.17) is 9.84 Å². The van der Waals surface area contributed by atoms with Gasteiger partial charge in [0.25, 0.3) is 0 Å². The van der Waals surface area contributed by atoms with Crippen molar-refractivity contribution in [3.8, 4) is 0 Å². The van der Waals surface area contributed by atoms with Gasteiger partial charge in [-0.2, -0.15) is 0 Å². The predicted molar refractivity (Wildman–Crippen MR) is 71.1 cm³/mol. The fraction of sp³-hybridized carbons (Fsp3) is 0.846. The van der Waals surface area contributed by atoms with Crippen LogP contribution in [0.3, 0.4) is 0 Å². The van der Waals surface area contributed by atoms with Crippen LogP contribution in [0.4, 0.5) is 4.79 Å². The maximum atomic E-state index is 11.5. The number of carboxylic acid groups (broad SMARTS) is 1. The van der Waals surface area contributed by atoms with Gasteiger partial charge in [0.15, 0.2) is 0 Å². The number of ether oxygens (including phenoxy) is 1. The molecule has 0 spiro atoms. The van der Waals surface area contributed by atoms with Gasteiger partial charge in [-0.15, -0.1) is 0 Å². The number of rotatable bonds is 6. The van der Waals surface area contributed by atoms with Crippen molar-refractivity contribution < 1.29 is 19.4 Å². The number of amides is 1. The van der Waals surface area contributed by atoms with Crippen molar-refractivity contribution in [1.82, 2.24) is 10.6 Å². The van der Waals surface area contributed by atoms with E-state index in [0.29, 0.717) is 19.0 Å². The van der Waals surface area contributed by atoms with E-state index in [1.165, 1.54) is 0 Å². The third-order valence-corrected chi connectivity index (χ3v) is 2.86. The van der Waals surface area contributed by atoms with Crippen LogP contribution in [0.2, 0.25) is 0 Å². The molecule has 1 aliphatic carbocycles. The molecule has 1 fully saturated rings. The lowest BCUT2D eigenvalue weighted by Crippen LogP contribution is -2.53. The van der Waals surface area contributed by atoms with Gasteiger partial charge in [0.1, 0.15) is 5.60 Å². The minimum Gasteiger partial charge on any atom is -0.481 e. The summed E-state index contributed by atoms with van der Waals surface area (Å²) in [5.74, 6) is -0.764. The van der Waals surface area contributed by atoms with Gasteiger partial charge in [-0.05, 0) is 46.6 Å². The topological polar surface area (TPSA) is 87.7 Å². The molecular formula is C13H24N2O4. The van der Waals surface area contributed by atoms with Crippen LogP contribution >= 0.6 is 0 Å². The molecule has 0 aromatic carbocycles. The Balaban J connectivity index is 2.04. The van der Waals surface area contributed by atoms with Crippen molar-refractivity contribution >= 4 is 12.1 Å². The third-order valence-electron chi connectivity index (χ3n) is 2.86. The summed E-state index contributed by atoms with van der Waals surface area (Å²) in [6, 6.07) is 0.528. The van der Waals surface area contributed by atoms with Gasteiger partial charge in [0.2, 0.25) is 0 Å². The summed E-state index contributed by atoms with van der Waals surface area (Å²) >= 11 is 0. The van der Waals surface area contributed by atoms with Crippen molar-refractivity contribution in [1.29, 1.82) is 0 Å². The molecule has 0 saturated heterocycles. The Kier molecular flexibility index (Phi) is 5.60. The van der Waals surface area contributed by atoms with Gasteiger partial charge >= 0.3 is 12.1 Å². The number of hydrogen-bond acceptors (Lipinski definition) is 4. The Bertz CT molecular complexity index is 319. The summed E-state index contributed by atoms with van der Waals surface area (Å²) in [6.45, 7) is 6.20. The standard InChI is InChI=1S/C13H24N2O4/c1-13(2,3)19-12(18)15-10-7-9(8-10)14-6-4-5-11(16)17/h9-10,14H,4-8H2,1-3H3,(H,15,18)(H,16,17). The van der Waals surface area contributed by atoms with E-state index in [1.54, 1.807) is 0 Å². The van der Waals surface area contributed by atoms with Crippen LogP contribution < -0.4 is 10.6 Å². The average molecular weight is 272 g/mol. The summed E-state index contributed by atoms with van der Waals surface area (Å²) in [7, 11) is 0. The van der Waals surface area contributed by atoms with Crippen molar-refractivity contribution in [3.63, 3.8) is 0 Å². The summed E-state index contributed by atoms with van der Waals surface area (Å²) in [5, 5.41) is 14.6. The molecule has 1 rings (SSSR count). The molecular weight excluding hydrogens is 248 g/mol. The van der Waals surface area contributed by atoms with Crippen molar-refractivity contribution in [3.05, 3.63) is 0 Å². The van der Waals surface area contributed by atoms with Gasteiger partial charge in [0.05, 0.1) is 0 Å². The molecule has 1 aliphatic rings. The minimum atomic E-state index is -0.764. The normalized spacial score (nSPS) is 22.5. The molecule has 6 heteroatoms. The van der Waals surface area contributed by atoms with Gasteiger partial charge in [-0.1, -0.05) is 0 Å². The highest BCUT2D eigenvalue weighted by Crippen LogP contribution is 2.20. The van der Waals surface area contributed by atoms with Crippen LogP contribution in [0.15, 0.2) is 0 Å². The monoisotopic (exact) mass is 272 g/mol. The van der Waals surface area contributed by atoms with Gasteiger partial charge in [-0.3, -0.25) is 4.79 Å². The van der Waals surface area contributed by atoms with E-state index < -0.39 is 11.6 Å². The highest BCUT2D eigenvalue weighted by molar-refractivity contribution is 5.68. The fourth-order valence-corrected chi connectivity index (χ4v) is 1.92. The summed E-state index contributed by atoms with van der Waals surface area (Å²) in [5.41, 5.74) is -0.470. The lowest BCUT2D eigenvalue weighted by molar-refractivity contribution is -0.137. The number of carbonyl (C=O) groups excluding carboxylic acids is 1. The summed E-state index contributed by atoms with van der Waals surface area (Å²) in [4.78, 5) is 21.8. The highest BCUT2D eigenvalue weighted by atomic mass is 16.6. The van der Waals surface area contributed by atoms with Gasteiger partial charge in [0, 0.05) is 18.5 Å². The smallest absolute Gasteiger partial charge is 0.407 e. The van der Waals surface area contributed by atoms with E-state index in [2.05, 4.69) is 10.6 Å². The Morgan fingerprint density at radius 3 is 2.42 bits per heavy atom. The zero-order chi connectivity index (χ0) is 14.5. The molecule has 0 aliphatic heterocycles. The average Bonchev–Trinajstić information content (AvgIpc) is 2.16. The number of alkyl carbamates (subject to hydrolysis) is 1. The summed E-state index contributed by atoms with van der Waals surface area (Å²) < 4.78 is 5.17. The SMILES string of the molecule is CC(C)(C)OC(=O)NC1CC(NCCCC(=O)O)C1. The number of aliphatic carboxylic acids is 1. The van der Waals surface area contributed by atoms with Crippen LogP contribution in [-0.2, 0) is 9.53 Å². The quantitative estimate of drug-likeness (QED) is 0.638. The van der Waals surface area contributed by atoms with E-state index >= 15 is 0 Å². The van der Waals surface area contributed by atoms with Crippen LogP contribution in [0, 0.1) is 0 Å². The third kappa shape index (κ3) is 7.00. The molecule has 0 unspecified atom stereocenters. The zero-order valence-corrected chi connectivity index (χ0v) is 11.9. The second kappa shape index (κ2) is 6.75. The molecule has 0 bridgehead atoms. The second-order valence-corrected chi connectivity index (χ2v) is 5.96. The molecule has 19 heavy (non-hydrogen) atoms. The van der Waals surface area contributed by atoms with Gasteiger partial charge in [-0.25, -0.2) is 4.79 Å².